The van der Waals surface area contributed by atoms with Gasteiger partial charge in [-0.3, -0.25) is 4.79 Å². The molecule has 110 valence electrons. The van der Waals surface area contributed by atoms with Crippen molar-refractivity contribution in [3.63, 3.8) is 0 Å². The third kappa shape index (κ3) is 4.74. The molecule has 0 aliphatic heterocycles. The monoisotopic (exact) mass is 297 g/mol. The molecule has 6 heteroatoms. The minimum Gasteiger partial charge on any atom is -0.409 e. The van der Waals surface area contributed by atoms with Gasteiger partial charge in [-0.2, -0.15) is 0 Å². The summed E-state index contributed by atoms with van der Waals surface area (Å²) in [6, 6.07) is 6.94. The molecule has 0 spiro atoms. The second kappa shape index (κ2) is 7.75. The molecule has 1 amide bonds. The Balaban J connectivity index is 2.87. The third-order valence-corrected chi connectivity index (χ3v) is 3.07. The first-order valence-corrected chi connectivity index (χ1v) is 6.83. The summed E-state index contributed by atoms with van der Waals surface area (Å²) in [6.07, 6.45) is 0.319. The maximum Gasteiger partial charge on any atom is 0.255 e. The van der Waals surface area contributed by atoms with Gasteiger partial charge in [0.15, 0.2) is 0 Å². The van der Waals surface area contributed by atoms with Gasteiger partial charge in [0.05, 0.1) is 10.6 Å². The molecule has 0 fully saturated rings. The van der Waals surface area contributed by atoms with Crippen molar-refractivity contribution in [1.82, 2.24) is 4.90 Å². The molecule has 0 radical (unpaired) electrons. The predicted octanol–water partition coefficient (Wildman–Crippen LogP) is 2.57. The number of carbonyl (C=O) groups excluding carboxylic acids is 1. The Hall–Kier alpha value is -1.75. The maximum absolute atomic E-state index is 12.5. The summed E-state index contributed by atoms with van der Waals surface area (Å²) in [5.41, 5.74) is 5.92. The molecule has 0 saturated heterocycles. The van der Waals surface area contributed by atoms with Crippen LogP contribution in [0.15, 0.2) is 29.4 Å². The van der Waals surface area contributed by atoms with Crippen LogP contribution in [0.1, 0.15) is 30.6 Å². The first-order valence-electron chi connectivity index (χ1n) is 6.46. The average molecular weight is 298 g/mol. The molecule has 1 aromatic rings. The van der Waals surface area contributed by atoms with Crippen LogP contribution in [0.5, 0.6) is 0 Å². The van der Waals surface area contributed by atoms with E-state index in [4.69, 9.17) is 22.5 Å². The topological polar surface area (TPSA) is 78.9 Å². The summed E-state index contributed by atoms with van der Waals surface area (Å²) in [7, 11) is 0. The van der Waals surface area contributed by atoms with E-state index < -0.39 is 0 Å². The van der Waals surface area contributed by atoms with Gasteiger partial charge in [-0.25, -0.2) is 0 Å². The van der Waals surface area contributed by atoms with Crippen molar-refractivity contribution < 1.29 is 10.0 Å². The van der Waals surface area contributed by atoms with Gasteiger partial charge in [0, 0.05) is 19.5 Å². The van der Waals surface area contributed by atoms with E-state index in [2.05, 4.69) is 5.16 Å². The van der Waals surface area contributed by atoms with E-state index >= 15 is 0 Å². The minimum absolute atomic E-state index is 0.103. The average Bonchev–Trinajstić information content (AvgIpc) is 2.42. The summed E-state index contributed by atoms with van der Waals surface area (Å²) >= 11 is 6.05. The summed E-state index contributed by atoms with van der Waals surface area (Å²) in [5.74, 6) is 0.273. The number of nitrogens with zero attached hydrogens (tertiary/aromatic N) is 2. The first kappa shape index (κ1) is 16.3. The fourth-order valence-corrected chi connectivity index (χ4v) is 2.04. The Morgan fingerprint density at radius 3 is 2.65 bits per heavy atom. The maximum atomic E-state index is 12.5. The van der Waals surface area contributed by atoms with Crippen molar-refractivity contribution in [2.45, 2.75) is 20.3 Å². The van der Waals surface area contributed by atoms with Crippen LogP contribution in [-0.2, 0) is 0 Å². The lowest BCUT2D eigenvalue weighted by atomic mass is 10.1. The van der Waals surface area contributed by atoms with Crippen molar-refractivity contribution in [2.24, 2.45) is 16.8 Å². The lowest BCUT2D eigenvalue weighted by Crippen LogP contribution is -2.36. The highest BCUT2D eigenvalue weighted by molar-refractivity contribution is 6.33. The number of benzene rings is 1. The first-order chi connectivity index (χ1) is 9.45. The van der Waals surface area contributed by atoms with Gasteiger partial charge >= 0.3 is 0 Å². The van der Waals surface area contributed by atoms with Crippen LogP contribution in [0, 0.1) is 5.92 Å². The zero-order valence-electron chi connectivity index (χ0n) is 11.7. The summed E-state index contributed by atoms with van der Waals surface area (Å²) in [6.45, 7) is 5.02. The molecule has 1 rings (SSSR count). The zero-order valence-corrected chi connectivity index (χ0v) is 12.5. The SMILES string of the molecule is CC(C)CN(CCC(N)=NO)C(=O)c1ccccc1Cl. The molecule has 1 aromatic carbocycles. The van der Waals surface area contributed by atoms with Crippen LogP contribution in [0.4, 0.5) is 0 Å². The van der Waals surface area contributed by atoms with Gasteiger partial charge in [0.25, 0.3) is 5.91 Å². The highest BCUT2D eigenvalue weighted by atomic mass is 35.5. The van der Waals surface area contributed by atoms with Crippen LogP contribution >= 0.6 is 11.6 Å². The van der Waals surface area contributed by atoms with E-state index in [1.54, 1.807) is 29.2 Å². The molecular formula is C14H20ClN3O2. The molecule has 0 bridgehead atoms. The Bertz CT molecular complexity index is 489. The zero-order chi connectivity index (χ0) is 15.1. The number of rotatable bonds is 6. The molecule has 0 unspecified atom stereocenters. The van der Waals surface area contributed by atoms with Gasteiger partial charge in [0.1, 0.15) is 5.84 Å². The fraction of sp³-hybridized carbons (Fsp3) is 0.429. The van der Waals surface area contributed by atoms with Crippen molar-refractivity contribution in [1.29, 1.82) is 0 Å². The minimum atomic E-state index is -0.143. The number of hydrogen-bond donors (Lipinski definition) is 2. The van der Waals surface area contributed by atoms with E-state index in [-0.39, 0.29) is 11.7 Å². The Morgan fingerprint density at radius 2 is 2.10 bits per heavy atom. The van der Waals surface area contributed by atoms with Crippen LogP contribution in [0.3, 0.4) is 0 Å². The molecule has 0 aliphatic rings. The second-order valence-electron chi connectivity index (χ2n) is 4.97. The smallest absolute Gasteiger partial charge is 0.255 e. The van der Waals surface area contributed by atoms with E-state index in [1.807, 2.05) is 13.8 Å². The number of amides is 1. The van der Waals surface area contributed by atoms with Crippen LogP contribution in [0.25, 0.3) is 0 Å². The van der Waals surface area contributed by atoms with E-state index in [1.165, 1.54) is 0 Å². The molecule has 20 heavy (non-hydrogen) atoms. The molecular weight excluding hydrogens is 278 g/mol. The van der Waals surface area contributed by atoms with Gasteiger partial charge in [-0.15, -0.1) is 0 Å². The number of halogens is 1. The van der Waals surface area contributed by atoms with Crippen molar-refractivity contribution in [3.8, 4) is 0 Å². The van der Waals surface area contributed by atoms with Gasteiger partial charge in [-0.1, -0.05) is 42.7 Å². The number of carbonyl (C=O) groups is 1. The predicted molar refractivity (Wildman–Crippen MR) is 80.2 cm³/mol. The van der Waals surface area contributed by atoms with Crippen molar-refractivity contribution in [2.75, 3.05) is 13.1 Å². The Labute approximate surface area is 124 Å². The molecule has 0 saturated carbocycles. The number of hydrogen-bond acceptors (Lipinski definition) is 3. The largest absolute Gasteiger partial charge is 0.409 e. The van der Waals surface area contributed by atoms with E-state index in [0.717, 1.165) is 0 Å². The molecule has 3 N–H and O–H groups in total. The van der Waals surface area contributed by atoms with Crippen molar-refractivity contribution in [3.05, 3.63) is 34.9 Å². The van der Waals surface area contributed by atoms with Crippen LogP contribution in [-0.4, -0.2) is 34.9 Å². The molecule has 0 aromatic heterocycles. The highest BCUT2D eigenvalue weighted by Gasteiger charge is 2.19. The molecule has 0 heterocycles. The number of nitrogens with two attached hydrogens (primary N) is 1. The van der Waals surface area contributed by atoms with Crippen LogP contribution < -0.4 is 5.73 Å². The normalized spacial score (nSPS) is 11.7. The van der Waals surface area contributed by atoms with Crippen LogP contribution in [0.2, 0.25) is 5.02 Å². The standard InChI is InChI=1S/C14H20ClN3O2/c1-10(2)9-18(8-7-13(16)17-20)14(19)11-5-3-4-6-12(11)15/h3-6,10,20H,7-9H2,1-2H3,(H2,16,17). The van der Waals surface area contributed by atoms with E-state index in [0.29, 0.717) is 36.0 Å². The molecule has 0 atom stereocenters. The van der Waals surface area contributed by atoms with Crippen molar-refractivity contribution >= 4 is 23.3 Å². The molecule has 0 aliphatic carbocycles. The number of amidine groups is 1. The van der Waals surface area contributed by atoms with Gasteiger partial charge < -0.3 is 15.8 Å². The van der Waals surface area contributed by atoms with Gasteiger partial charge in [0.2, 0.25) is 0 Å². The fourth-order valence-electron chi connectivity index (χ4n) is 1.82. The summed E-state index contributed by atoms with van der Waals surface area (Å²) < 4.78 is 0. The van der Waals surface area contributed by atoms with Gasteiger partial charge in [-0.05, 0) is 18.1 Å². The Morgan fingerprint density at radius 1 is 1.45 bits per heavy atom. The Kier molecular flexibility index (Phi) is 6.31. The number of oxime groups is 1. The lowest BCUT2D eigenvalue weighted by Gasteiger charge is -2.25. The van der Waals surface area contributed by atoms with E-state index in [9.17, 15) is 4.79 Å². The second-order valence-corrected chi connectivity index (χ2v) is 5.37. The lowest BCUT2D eigenvalue weighted by molar-refractivity contribution is 0.0740. The quantitative estimate of drug-likeness (QED) is 0.366. The summed E-state index contributed by atoms with van der Waals surface area (Å²) in [4.78, 5) is 14.2. The highest BCUT2D eigenvalue weighted by Crippen LogP contribution is 2.18. The molecule has 5 nitrogen and oxygen atoms in total. The summed E-state index contributed by atoms with van der Waals surface area (Å²) in [5, 5.41) is 11.9. The third-order valence-electron chi connectivity index (χ3n) is 2.74.